The number of pyridine rings is 1. The maximum Gasteiger partial charge on any atom is 0.343 e. The monoisotopic (exact) mass is 248 g/mol. The number of nitrogens with zero attached hydrogens (tertiary/aromatic N) is 3. The van der Waals surface area contributed by atoms with Crippen molar-refractivity contribution in [2.24, 2.45) is 7.05 Å². The van der Waals surface area contributed by atoms with Crippen LogP contribution in [0.4, 0.5) is 5.69 Å². The van der Waals surface area contributed by atoms with Crippen molar-refractivity contribution in [3.05, 3.63) is 30.2 Å². The molecule has 0 aliphatic heterocycles. The first-order chi connectivity index (χ1) is 8.60. The molecule has 7 nitrogen and oxygen atoms in total. The van der Waals surface area contributed by atoms with Crippen molar-refractivity contribution >= 4 is 11.7 Å². The number of nitrogen functional groups attached to an aromatic ring is 1. The van der Waals surface area contributed by atoms with E-state index in [0.717, 1.165) is 0 Å². The van der Waals surface area contributed by atoms with Crippen molar-refractivity contribution in [1.29, 1.82) is 0 Å². The number of aromatic nitrogens is 3. The van der Waals surface area contributed by atoms with Gasteiger partial charge in [0.15, 0.2) is 5.75 Å². The molecule has 0 aliphatic rings. The molecule has 2 heterocycles. The van der Waals surface area contributed by atoms with Gasteiger partial charge in [0.1, 0.15) is 5.56 Å². The molecule has 0 fully saturated rings. The number of aryl methyl sites for hydroxylation is 1. The first-order valence-corrected chi connectivity index (χ1v) is 5.10. The molecule has 7 heteroatoms. The van der Waals surface area contributed by atoms with Gasteiger partial charge in [0.05, 0.1) is 31.4 Å². The van der Waals surface area contributed by atoms with E-state index in [2.05, 4.69) is 14.8 Å². The number of anilines is 1. The molecule has 2 rings (SSSR count). The first kappa shape index (κ1) is 11.9. The quantitative estimate of drug-likeness (QED) is 0.814. The Bertz CT molecular complexity index is 579. The van der Waals surface area contributed by atoms with Crippen LogP contribution in [-0.4, -0.2) is 27.8 Å². The fourth-order valence-corrected chi connectivity index (χ4v) is 1.37. The van der Waals surface area contributed by atoms with Gasteiger partial charge in [-0.3, -0.25) is 4.68 Å². The second kappa shape index (κ2) is 4.74. The van der Waals surface area contributed by atoms with E-state index in [0.29, 0.717) is 11.4 Å². The van der Waals surface area contributed by atoms with Gasteiger partial charge in [0, 0.05) is 7.05 Å². The van der Waals surface area contributed by atoms with E-state index in [1.807, 2.05) is 0 Å². The van der Waals surface area contributed by atoms with Crippen LogP contribution < -0.4 is 10.5 Å². The molecule has 2 N–H and O–H groups in total. The van der Waals surface area contributed by atoms with Crippen LogP contribution in [0.15, 0.2) is 24.7 Å². The van der Waals surface area contributed by atoms with Gasteiger partial charge in [-0.15, -0.1) is 0 Å². The molecule has 0 aliphatic carbocycles. The minimum absolute atomic E-state index is 0.129. The molecular weight excluding hydrogens is 236 g/mol. The maximum atomic E-state index is 11.6. The van der Waals surface area contributed by atoms with E-state index in [4.69, 9.17) is 10.5 Å². The number of carbonyl (C=O) groups excluding carboxylic acids is 1. The Labute approximate surface area is 103 Å². The fraction of sp³-hybridized carbons (Fsp3) is 0.182. The number of hydrogen-bond donors (Lipinski definition) is 1. The van der Waals surface area contributed by atoms with Gasteiger partial charge in [-0.25, -0.2) is 9.78 Å². The van der Waals surface area contributed by atoms with Crippen LogP contribution in [0.5, 0.6) is 11.6 Å². The lowest BCUT2D eigenvalue weighted by atomic mass is 10.2. The summed E-state index contributed by atoms with van der Waals surface area (Å²) in [7, 11) is 3.03. The van der Waals surface area contributed by atoms with Crippen LogP contribution in [0.1, 0.15) is 10.4 Å². The molecule has 18 heavy (non-hydrogen) atoms. The lowest BCUT2D eigenvalue weighted by Gasteiger charge is -2.07. The van der Waals surface area contributed by atoms with Gasteiger partial charge in [0.2, 0.25) is 5.88 Å². The third-order valence-corrected chi connectivity index (χ3v) is 2.17. The van der Waals surface area contributed by atoms with Gasteiger partial charge in [0.25, 0.3) is 0 Å². The van der Waals surface area contributed by atoms with Crippen LogP contribution in [0.25, 0.3) is 0 Å². The van der Waals surface area contributed by atoms with E-state index >= 15 is 0 Å². The Hall–Kier alpha value is -2.57. The summed E-state index contributed by atoms with van der Waals surface area (Å²) in [4.78, 5) is 15.5. The summed E-state index contributed by atoms with van der Waals surface area (Å²) < 4.78 is 11.7. The van der Waals surface area contributed by atoms with Crippen LogP contribution in [-0.2, 0) is 11.8 Å². The molecule has 0 saturated carbocycles. The number of esters is 1. The highest BCUT2D eigenvalue weighted by atomic mass is 16.5. The second-order valence-electron chi connectivity index (χ2n) is 3.56. The number of nitrogens with two attached hydrogens (primary N) is 1. The fourth-order valence-electron chi connectivity index (χ4n) is 1.37. The van der Waals surface area contributed by atoms with Gasteiger partial charge >= 0.3 is 5.97 Å². The summed E-state index contributed by atoms with van der Waals surface area (Å²) in [5.41, 5.74) is 6.10. The number of methoxy groups -OCH3 is 1. The summed E-state index contributed by atoms with van der Waals surface area (Å²) >= 11 is 0. The topological polar surface area (TPSA) is 92.3 Å². The normalized spacial score (nSPS) is 10.1. The zero-order valence-electron chi connectivity index (χ0n) is 9.95. The SMILES string of the molecule is COC(=O)c1cc(N)cnc1Oc1cnn(C)c1. The molecule has 0 atom stereocenters. The van der Waals surface area contributed by atoms with Crippen molar-refractivity contribution in [3.63, 3.8) is 0 Å². The summed E-state index contributed by atoms with van der Waals surface area (Å²) in [6, 6.07) is 1.45. The lowest BCUT2D eigenvalue weighted by Crippen LogP contribution is -2.06. The van der Waals surface area contributed by atoms with Crippen molar-refractivity contribution in [1.82, 2.24) is 14.8 Å². The number of rotatable bonds is 3. The lowest BCUT2D eigenvalue weighted by molar-refractivity contribution is 0.0597. The average molecular weight is 248 g/mol. The predicted molar refractivity (Wildman–Crippen MR) is 63.3 cm³/mol. The van der Waals surface area contributed by atoms with Crippen molar-refractivity contribution in [2.45, 2.75) is 0 Å². The van der Waals surface area contributed by atoms with E-state index in [9.17, 15) is 4.79 Å². The van der Waals surface area contributed by atoms with E-state index < -0.39 is 5.97 Å². The Kier molecular flexibility index (Phi) is 3.13. The molecule has 0 unspecified atom stereocenters. The number of carbonyl (C=O) groups is 1. The van der Waals surface area contributed by atoms with Gasteiger partial charge < -0.3 is 15.2 Å². The van der Waals surface area contributed by atoms with Crippen molar-refractivity contribution < 1.29 is 14.3 Å². The minimum atomic E-state index is -0.561. The van der Waals surface area contributed by atoms with E-state index in [1.54, 1.807) is 17.9 Å². The first-order valence-electron chi connectivity index (χ1n) is 5.10. The molecule has 0 bridgehead atoms. The third-order valence-electron chi connectivity index (χ3n) is 2.17. The van der Waals surface area contributed by atoms with Gasteiger partial charge in [-0.1, -0.05) is 0 Å². The zero-order valence-corrected chi connectivity index (χ0v) is 9.95. The number of ether oxygens (including phenoxy) is 2. The minimum Gasteiger partial charge on any atom is -0.465 e. The van der Waals surface area contributed by atoms with Crippen LogP contribution in [0.3, 0.4) is 0 Å². The van der Waals surface area contributed by atoms with Crippen LogP contribution in [0.2, 0.25) is 0 Å². The summed E-state index contributed by atoms with van der Waals surface area (Å²) in [5, 5.41) is 3.95. The van der Waals surface area contributed by atoms with E-state index in [1.165, 1.54) is 25.6 Å². The maximum absolute atomic E-state index is 11.6. The second-order valence-corrected chi connectivity index (χ2v) is 3.56. The highest BCUT2D eigenvalue weighted by Crippen LogP contribution is 2.24. The highest BCUT2D eigenvalue weighted by Gasteiger charge is 2.16. The number of hydrogen-bond acceptors (Lipinski definition) is 6. The van der Waals surface area contributed by atoms with E-state index in [-0.39, 0.29) is 11.4 Å². The third kappa shape index (κ3) is 2.40. The molecule has 0 amide bonds. The molecule has 0 spiro atoms. The molecule has 0 aromatic carbocycles. The Morgan fingerprint density at radius 2 is 2.22 bits per heavy atom. The average Bonchev–Trinajstić information content (AvgIpc) is 2.76. The molecule has 2 aromatic rings. The summed E-state index contributed by atoms with van der Waals surface area (Å²) in [6.45, 7) is 0. The summed E-state index contributed by atoms with van der Waals surface area (Å²) in [6.07, 6.45) is 4.57. The van der Waals surface area contributed by atoms with Crippen molar-refractivity contribution in [2.75, 3.05) is 12.8 Å². The van der Waals surface area contributed by atoms with Crippen LogP contribution in [0, 0.1) is 0 Å². The Morgan fingerprint density at radius 1 is 1.44 bits per heavy atom. The zero-order chi connectivity index (χ0) is 13.1. The molecular formula is C11H12N4O3. The standard InChI is InChI=1S/C11H12N4O3/c1-15-6-8(5-14-15)18-10-9(11(16)17-2)3-7(12)4-13-10/h3-6H,12H2,1-2H3. The Balaban J connectivity index is 2.35. The van der Waals surface area contributed by atoms with Crippen LogP contribution >= 0.6 is 0 Å². The highest BCUT2D eigenvalue weighted by molar-refractivity contribution is 5.92. The smallest absolute Gasteiger partial charge is 0.343 e. The Morgan fingerprint density at radius 3 is 2.83 bits per heavy atom. The van der Waals surface area contributed by atoms with Crippen molar-refractivity contribution in [3.8, 4) is 11.6 Å². The largest absolute Gasteiger partial charge is 0.465 e. The molecule has 0 saturated heterocycles. The molecule has 2 aromatic heterocycles. The predicted octanol–water partition coefficient (Wildman–Crippen LogP) is 0.976. The summed E-state index contributed by atoms with van der Waals surface area (Å²) in [5.74, 6) is 0.0395. The van der Waals surface area contributed by atoms with Gasteiger partial charge in [-0.2, -0.15) is 5.10 Å². The molecule has 94 valence electrons. The van der Waals surface area contributed by atoms with Gasteiger partial charge in [-0.05, 0) is 6.07 Å². The molecule has 0 radical (unpaired) electrons.